The average molecular weight is 501 g/mol. The number of hydrogen-bond donors (Lipinski definition) is 5. The molecule has 36 heavy (non-hydrogen) atoms. The number of piperazine rings is 1. The highest BCUT2D eigenvalue weighted by Gasteiger charge is 2.27. The first-order chi connectivity index (χ1) is 17.2. The Balaban J connectivity index is 1.46. The summed E-state index contributed by atoms with van der Waals surface area (Å²) in [7, 11) is 0. The lowest BCUT2D eigenvalue weighted by Crippen LogP contribution is -2.46. The Kier molecular flexibility index (Phi) is 7.44. The first kappa shape index (κ1) is 25.0. The number of urea groups is 1. The molecule has 6 N–H and O–H groups in total. The Labute approximate surface area is 205 Å². The number of pyridine rings is 1. The number of benzene rings is 1. The van der Waals surface area contributed by atoms with Gasteiger partial charge in [0.05, 0.1) is 17.7 Å². The summed E-state index contributed by atoms with van der Waals surface area (Å²) in [4.78, 5) is 18.3. The van der Waals surface area contributed by atoms with E-state index in [9.17, 15) is 18.0 Å². The Morgan fingerprint density at radius 2 is 2.00 bits per heavy atom. The molecule has 9 nitrogen and oxygen atoms in total. The zero-order chi connectivity index (χ0) is 25.7. The lowest BCUT2D eigenvalue weighted by molar-refractivity contribution is -0.122. The van der Waals surface area contributed by atoms with E-state index in [1.807, 2.05) is 39.8 Å². The van der Waals surface area contributed by atoms with Crippen LogP contribution >= 0.6 is 0 Å². The number of anilines is 1. The number of nitrogens with zero attached hydrogens (tertiary/aromatic N) is 3. The van der Waals surface area contributed by atoms with Gasteiger partial charge in [0.1, 0.15) is 12.2 Å². The molecule has 3 heterocycles. The molecule has 1 aromatic carbocycles. The first-order valence-electron chi connectivity index (χ1n) is 11.4. The van der Waals surface area contributed by atoms with Crippen molar-refractivity contribution in [2.45, 2.75) is 12.6 Å². The number of carbonyl (C=O) groups excluding carboxylic acids is 1. The van der Waals surface area contributed by atoms with Crippen LogP contribution in [0.5, 0.6) is 0 Å². The van der Waals surface area contributed by atoms with E-state index in [4.69, 9.17) is 11.1 Å². The summed E-state index contributed by atoms with van der Waals surface area (Å²) in [5.74, 6) is 0.532. The van der Waals surface area contributed by atoms with Gasteiger partial charge in [-0.3, -0.25) is 9.81 Å². The molecule has 0 aliphatic carbocycles. The zero-order valence-corrected chi connectivity index (χ0v) is 19.4. The maximum Gasteiger partial charge on any atom is 0.405 e. The van der Waals surface area contributed by atoms with Gasteiger partial charge in [0.2, 0.25) is 0 Å². The number of amidine groups is 1. The summed E-state index contributed by atoms with van der Waals surface area (Å²) in [6.07, 6.45) is 1.28. The molecule has 12 heteroatoms. The maximum absolute atomic E-state index is 12.3. The van der Waals surface area contributed by atoms with Gasteiger partial charge < -0.3 is 26.6 Å². The molecule has 1 fully saturated rings. The normalized spacial score (nSPS) is 14.6. The fourth-order valence-corrected chi connectivity index (χ4v) is 3.87. The van der Waals surface area contributed by atoms with E-state index in [0.29, 0.717) is 29.3 Å². The van der Waals surface area contributed by atoms with E-state index in [2.05, 4.69) is 15.6 Å². The third kappa shape index (κ3) is 6.33. The van der Waals surface area contributed by atoms with E-state index in [1.165, 1.54) is 0 Å². The predicted molar refractivity (Wildman–Crippen MR) is 133 cm³/mol. The monoisotopic (exact) mass is 500 g/mol. The van der Waals surface area contributed by atoms with Crippen molar-refractivity contribution in [3.63, 3.8) is 0 Å². The van der Waals surface area contributed by atoms with Gasteiger partial charge >= 0.3 is 12.2 Å². The molecule has 1 aliphatic heterocycles. The Bertz CT molecular complexity index is 1280. The van der Waals surface area contributed by atoms with Gasteiger partial charge in [0, 0.05) is 61.3 Å². The van der Waals surface area contributed by atoms with Crippen LogP contribution in [0, 0.1) is 5.41 Å². The van der Waals surface area contributed by atoms with Crippen LogP contribution in [-0.2, 0) is 0 Å². The number of nitrogens with two attached hydrogens (primary N) is 1. The van der Waals surface area contributed by atoms with Crippen LogP contribution in [0.4, 0.5) is 23.7 Å². The SMILES string of the molecule is N=C(C/C=C(\N)c1ccn2c(-c3cccc(NC(=O)NCC(F)(F)F)c3)cnc2c1)N1CCNCC1. The fourth-order valence-electron chi connectivity index (χ4n) is 3.87. The summed E-state index contributed by atoms with van der Waals surface area (Å²) in [6.45, 7) is 1.94. The molecule has 0 bridgehead atoms. The largest absolute Gasteiger partial charge is 0.405 e. The number of aromatic nitrogens is 2. The minimum Gasteiger partial charge on any atom is -0.398 e. The molecule has 2 aromatic heterocycles. The van der Waals surface area contributed by atoms with Crippen molar-refractivity contribution >= 4 is 28.9 Å². The van der Waals surface area contributed by atoms with Crippen molar-refractivity contribution in [3.8, 4) is 11.3 Å². The molecule has 4 rings (SSSR count). The smallest absolute Gasteiger partial charge is 0.398 e. The van der Waals surface area contributed by atoms with Gasteiger partial charge in [-0.25, -0.2) is 9.78 Å². The molecule has 1 saturated heterocycles. The number of alkyl halides is 3. The second-order valence-corrected chi connectivity index (χ2v) is 8.34. The van der Waals surface area contributed by atoms with Gasteiger partial charge in [-0.2, -0.15) is 13.2 Å². The minimum atomic E-state index is -4.49. The number of halogens is 3. The van der Waals surface area contributed by atoms with Gasteiger partial charge in [0.15, 0.2) is 0 Å². The zero-order valence-electron chi connectivity index (χ0n) is 19.4. The van der Waals surface area contributed by atoms with Crippen molar-refractivity contribution in [2.75, 3.05) is 38.0 Å². The lowest BCUT2D eigenvalue weighted by Gasteiger charge is -2.29. The van der Waals surface area contributed by atoms with Crippen LogP contribution in [0.15, 0.2) is 54.9 Å². The first-order valence-corrected chi connectivity index (χ1v) is 11.4. The summed E-state index contributed by atoms with van der Waals surface area (Å²) in [6, 6.07) is 9.49. The summed E-state index contributed by atoms with van der Waals surface area (Å²) in [5.41, 5.74) is 10.1. The van der Waals surface area contributed by atoms with Crippen molar-refractivity contribution in [1.29, 1.82) is 5.41 Å². The number of imidazole rings is 1. The fraction of sp³-hybridized carbons (Fsp3) is 0.292. The molecule has 0 atom stereocenters. The standard InChI is InChI=1S/C24H27F3N8O/c25-24(26,27)15-32-23(36)33-18-3-1-2-17(12-18)20-14-31-22-13-16(6-9-35(20)22)19(28)4-5-21(29)34-10-7-30-8-11-34/h1-4,6,9,12-14,29-30H,5,7-8,10-11,15,28H2,(H2,32,33,36)/b19-4-,29-21?. The molecule has 3 aromatic rings. The quantitative estimate of drug-likeness (QED) is 0.263. The van der Waals surface area contributed by atoms with Crippen LogP contribution in [0.3, 0.4) is 0 Å². The second kappa shape index (κ2) is 10.7. The number of carbonyl (C=O) groups is 1. The summed E-state index contributed by atoms with van der Waals surface area (Å²) >= 11 is 0. The number of nitrogens with one attached hydrogen (secondary N) is 4. The molecule has 0 spiro atoms. The van der Waals surface area contributed by atoms with Crippen LogP contribution < -0.4 is 21.7 Å². The number of hydrogen-bond acceptors (Lipinski definition) is 5. The molecule has 0 unspecified atom stereocenters. The van der Waals surface area contributed by atoms with E-state index < -0.39 is 18.8 Å². The Hall–Kier alpha value is -4.06. The highest BCUT2D eigenvalue weighted by molar-refractivity contribution is 5.90. The third-order valence-corrected chi connectivity index (χ3v) is 5.73. The summed E-state index contributed by atoms with van der Waals surface area (Å²) in [5, 5.41) is 15.7. The topological polar surface area (TPSA) is 124 Å². The average Bonchev–Trinajstić information content (AvgIpc) is 3.29. The summed E-state index contributed by atoms with van der Waals surface area (Å²) < 4.78 is 38.8. The van der Waals surface area contributed by atoms with Gasteiger partial charge in [-0.1, -0.05) is 18.2 Å². The van der Waals surface area contributed by atoms with Crippen LogP contribution in [0.1, 0.15) is 12.0 Å². The van der Waals surface area contributed by atoms with Gasteiger partial charge in [0.25, 0.3) is 0 Å². The van der Waals surface area contributed by atoms with Crippen molar-refractivity contribution < 1.29 is 18.0 Å². The molecule has 2 amide bonds. The third-order valence-electron chi connectivity index (χ3n) is 5.73. The molecular weight excluding hydrogens is 473 g/mol. The molecule has 0 radical (unpaired) electrons. The van der Waals surface area contributed by atoms with Crippen molar-refractivity contribution in [3.05, 3.63) is 60.4 Å². The van der Waals surface area contributed by atoms with Gasteiger partial charge in [-0.05, 0) is 24.3 Å². The van der Waals surface area contributed by atoms with Crippen LogP contribution in [-0.4, -0.2) is 65.1 Å². The molecule has 0 saturated carbocycles. The molecule has 1 aliphatic rings. The van der Waals surface area contributed by atoms with E-state index in [0.717, 1.165) is 43.0 Å². The highest BCUT2D eigenvalue weighted by atomic mass is 19.4. The highest BCUT2D eigenvalue weighted by Crippen LogP contribution is 2.25. The molecule has 190 valence electrons. The van der Waals surface area contributed by atoms with Crippen molar-refractivity contribution in [1.82, 2.24) is 24.9 Å². The van der Waals surface area contributed by atoms with Crippen molar-refractivity contribution in [2.24, 2.45) is 5.73 Å². The van der Waals surface area contributed by atoms with E-state index >= 15 is 0 Å². The van der Waals surface area contributed by atoms with E-state index in [1.54, 1.807) is 29.7 Å². The Morgan fingerprint density at radius 3 is 2.75 bits per heavy atom. The maximum atomic E-state index is 12.3. The minimum absolute atomic E-state index is 0.345. The molecular formula is C24H27F3N8O. The Morgan fingerprint density at radius 1 is 1.22 bits per heavy atom. The number of rotatable bonds is 6. The number of amides is 2. The lowest BCUT2D eigenvalue weighted by atomic mass is 10.1. The van der Waals surface area contributed by atoms with E-state index in [-0.39, 0.29) is 0 Å². The van der Waals surface area contributed by atoms with Crippen LogP contribution in [0.25, 0.3) is 22.6 Å². The second-order valence-electron chi connectivity index (χ2n) is 8.34. The van der Waals surface area contributed by atoms with Gasteiger partial charge in [-0.15, -0.1) is 0 Å². The number of fused-ring (bicyclic) bond motifs is 1. The van der Waals surface area contributed by atoms with Crippen LogP contribution in [0.2, 0.25) is 0 Å². The predicted octanol–water partition coefficient (Wildman–Crippen LogP) is 3.26.